The van der Waals surface area contributed by atoms with Crippen molar-refractivity contribution in [2.24, 2.45) is 4.99 Å². The van der Waals surface area contributed by atoms with E-state index in [2.05, 4.69) is 20.7 Å². The SMILES string of the molecule is CSC1NN(C2CCCCO2)C2NC(Cl)=NC(Cl)=C12. The van der Waals surface area contributed by atoms with Gasteiger partial charge in [-0.1, -0.05) is 11.6 Å². The van der Waals surface area contributed by atoms with E-state index in [9.17, 15) is 0 Å². The third-order valence-electron chi connectivity index (χ3n) is 3.51. The zero-order valence-corrected chi connectivity index (χ0v) is 12.9. The van der Waals surface area contributed by atoms with Gasteiger partial charge in [-0.25, -0.2) is 10.4 Å². The standard InChI is InChI=1S/C11H16Cl2N4OS/c1-19-10-7-8(12)14-11(13)15-9(7)17(16-10)6-4-2-3-5-18-6/h6,9-10,16H,2-5H2,1H3,(H,14,15). The van der Waals surface area contributed by atoms with Crippen molar-refractivity contribution in [3.63, 3.8) is 0 Å². The minimum absolute atomic E-state index is 0.0467. The molecule has 0 aliphatic carbocycles. The van der Waals surface area contributed by atoms with Gasteiger partial charge >= 0.3 is 0 Å². The first-order chi connectivity index (χ1) is 9.20. The van der Waals surface area contributed by atoms with Crippen LogP contribution in [0.3, 0.4) is 0 Å². The molecule has 0 amide bonds. The number of nitrogens with one attached hydrogen (secondary N) is 2. The molecule has 8 heteroatoms. The van der Waals surface area contributed by atoms with Gasteiger partial charge in [0.05, 0.1) is 5.37 Å². The summed E-state index contributed by atoms with van der Waals surface area (Å²) in [4.78, 5) is 4.10. The maximum absolute atomic E-state index is 6.24. The number of thioether (sulfide) groups is 1. The Morgan fingerprint density at radius 3 is 2.95 bits per heavy atom. The van der Waals surface area contributed by atoms with Crippen LogP contribution in [0.15, 0.2) is 15.7 Å². The monoisotopic (exact) mass is 322 g/mol. The molecule has 0 saturated carbocycles. The molecule has 0 radical (unpaired) electrons. The van der Waals surface area contributed by atoms with Crippen LogP contribution in [0, 0.1) is 0 Å². The summed E-state index contributed by atoms with van der Waals surface area (Å²) < 4.78 is 5.84. The second-order valence-electron chi connectivity index (χ2n) is 4.67. The van der Waals surface area contributed by atoms with Gasteiger partial charge in [0, 0.05) is 12.2 Å². The Hall–Kier alpha value is 0.0200. The first-order valence-corrected chi connectivity index (χ1v) is 8.34. The van der Waals surface area contributed by atoms with Gasteiger partial charge < -0.3 is 10.1 Å². The lowest BCUT2D eigenvalue weighted by molar-refractivity contribution is -0.111. The van der Waals surface area contributed by atoms with Crippen LogP contribution in [0.2, 0.25) is 0 Å². The van der Waals surface area contributed by atoms with Gasteiger partial charge in [-0.05, 0) is 37.1 Å². The van der Waals surface area contributed by atoms with E-state index >= 15 is 0 Å². The quantitative estimate of drug-likeness (QED) is 0.761. The molecule has 2 saturated heterocycles. The van der Waals surface area contributed by atoms with Gasteiger partial charge in [-0.15, -0.1) is 11.8 Å². The molecule has 2 N–H and O–H groups in total. The Labute approximate surface area is 126 Å². The average molecular weight is 323 g/mol. The van der Waals surface area contributed by atoms with Gasteiger partial charge in [0.1, 0.15) is 17.5 Å². The van der Waals surface area contributed by atoms with Crippen LogP contribution >= 0.6 is 35.0 Å². The summed E-state index contributed by atoms with van der Waals surface area (Å²) in [5, 5.41) is 6.14. The van der Waals surface area contributed by atoms with Crippen molar-refractivity contribution in [2.75, 3.05) is 12.9 Å². The van der Waals surface area contributed by atoms with E-state index in [4.69, 9.17) is 27.9 Å². The highest BCUT2D eigenvalue weighted by molar-refractivity contribution is 7.99. The van der Waals surface area contributed by atoms with E-state index in [1.165, 1.54) is 6.42 Å². The average Bonchev–Trinajstić information content (AvgIpc) is 2.78. The zero-order valence-electron chi connectivity index (χ0n) is 10.5. The molecule has 0 spiro atoms. The number of hydrazine groups is 1. The summed E-state index contributed by atoms with van der Waals surface area (Å²) in [6.07, 6.45) is 5.31. The molecule has 5 nitrogen and oxygen atoms in total. The van der Waals surface area contributed by atoms with Crippen LogP contribution in [0.5, 0.6) is 0 Å². The van der Waals surface area contributed by atoms with Crippen molar-refractivity contribution in [1.82, 2.24) is 15.8 Å². The van der Waals surface area contributed by atoms with Gasteiger partial charge in [-0.3, -0.25) is 0 Å². The summed E-state index contributed by atoms with van der Waals surface area (Å²) in [7, 11) is 0. The van der Waals surface area contributed by atoms with Crippen LogP contribution in [0.1, 0.15) is 19.3 Å². The molecule has 3 unspecified atom stereocenters. The summed E-state index contributed by atoms with van der Waals surface area (Å²) >= 11 is 13.9. The highest BCUT2D eigenvalue weighted by Crippen LogP contribution is 2.35. The number of fused-ring (bicyclic) bond motifs is 1. The second-order valence-corrected chi connectivity index (χ2v) is 6.33. The fourth-order valence-corrected chi connectivity index (χ4v) is 3.92. The molecule has 3 aliphatic heterocycles. The molecule has 3 atom stereocenters. The largest absolute Gasteiger partial charge is 0.362 e. The summed E-state index contributed by atoms with van der Waals surface area (Å²) in [5.74, 6) is 0. The summed E-state index contributed by atoms with van der Waals surface area (Å²) in [6.45, 7) is 0.800. The molecule has 0 aromatic carbocycles. The second kappa shape index (κ2) is 5.79. The first kappa shape index (κ1) is 14.0. The number of aliphatic imine (C=N–C) groups is 1. The highest BCUT2D eigenvalue weighted by atomic mass is 35.5. The number of nitrogens with zero attached hydrogens (tertiary/aromatic N) is 2. The van der Waals surface area contributed by atoms with Gasteiger partial charge in [0.2, 0.25) is 0 Å². The van der Waals surface area contributed by atoms with Crippen molar-refractivity contribution in [2.45, 2.75) is 37.0 Å². The van der Waals surface area contributed by atoms with Crippen molar-refractivity contribution in [3.05, 3.63) is 10.7 Å². The maximum atomic E-state index is 6.24. The third kappa shape index (κ3) is 2.62. The van der Waals surface area contributed by atoms with Crippen molar-refractivity contribution in [1.29, 1.82) is 0 Å². The Morgan fingerprint density at radius 2 is 2.26 bits per heavy atom. The molecule has 3 aliphatic rings. The number of ether oxygens (including phenoxy) is 1. The zero-order chi connectivity index (χ0) is 13.4. The number of halogens is 2. The fraction of sp³-hybridized carbons (Fsp3) is 0.727. The first-order valence-electron chi connectivity index (χ1n) is 6.30. The normalized spacial score (nSPS) is 35.9. The molecular weight excluding hydrogens is 307 g/mol. The smallest absolute Gasteiger partial charge is 0.198 e. The molecular formula is C11H16Cl2N4OS. The third-order valence-corrected chi connectivity index (χ3v) is 4.84. The number of rotatable bonds is 2. The lowest BCUT2D eigenvalue weighted by Crippen LogP contribution is -2.54. The van der Waals surface area contributed by atoms with E-state index in [-0.39, 0.29) is 17.8 Å². The Bertz CT molecular complexity index is 425. The fourth-order valence-electron chi connectivity index (χ4n) is 2.61. The van der Waals surface area contributed by atoms with Gasteiger partial charge in [0.15, 0.2) is 5.29 Å². The van der Waals surface area contributed by atoms with Crippen LogP contribution in [-0.2, 0) is 4.74 Å². The molecule has 0 aromatic rings. The summed E-state index contributed by atoms with van der Waals surface area (Å²) in [6, 6.07) is 0. The highest BCUT2D eigenvalue weighted by Gasteiger charge is 2.44. The molecule has 106 valence electrons. The lowest BCUT2D eigenvalue weighted by atomic mass is 10.1. The summed E-state index contributed by atoms with van der Waals surface area (Å²) in [5.41, 5.74) is 4.46. The molecule has 0 aromatic heterocycles. The maximum Gasteiger partial charge on any atom is 0.198 e. The van der Waals surface area contributed by atoms with E-state index in [0.717, 1.165) is 25.0 Å². The Morgan fingerprint density at radius 1 is 1.42 bits per heavy atom. The van der Waals surface area contributed by atoms with E-state index in [1.807, 2.05) is 6.26 Å². The minimum atomic E-state index is -0.0851. The van der Waals surface area contributed by atoms with E-state index in [1.54, 1.807) is 11.8 Å². The van der Waals surface area contributed by atoms with Crippen molar-refractivity contribution >= 4 is 40.3 Å². The number of hydrogen-bond donors (Lipinski definition) is 2. The topological polar surface area (TPSA) is 48.9 Å². The molecule has 19 heavy (non-hydrogen) atoms. The molecule has 3 heterocycles. The van der Waals surface area contributed by atoms with Crippen LogP contribution in [-0.4, -0.2) is 40.9 Å². The van der Waals surface area contributed by atoms with Gasteiger partial charge in [0.25, 0.3) is 0 Å². The Balaban J connectivity index is 1.86. The molecule has 3 rings (SSSR count). The predicted octanol–water partition coefficient (Wildman–Crippen LogP) is 2.00. The van der Waals surface area contributed by atoms with Crippen LogP contribution < -0.4 is 10.7 Å². The van der Waals surface area contributed by atoms with Crippen LogP contribution in [0.4, 0.5) is 0 Å². The van der Waals surface area contributed by atoms with Crippen LogP contribution in [0.25, 0.3) is 0 Å². The molecule has 2 fully saturated rings. The number of hydrogen-bond acceptors (Lipinski definition) is 6. The van der Waals surface area contributed by atoms with Gasteiger partial charge in [-0.2, -0.15) is 5.01 Å². The van der Waals surface area contributed by atoms with Crippen molar-refractivity contribution < 1.29 is 4.74 Å². The minimum Gasteiger partial charge on any atom is -0.362 e. The van der Waals surface area contributed by atoms with E-state index in [0.29, 0.717) is 10.5 Å². The number of amidine groups is 1. The lowest BCUT2D eigenvalue weighted by Gasteiger charge is -2.35. The predicted molar refractivity (Wildman–Crippen MR) is 79.0 cm³/mol. The molecule has 0 bridgehead atoms. The van der Waals surface area contributed by atoms with Crippen molar-refractivity contribution in [3.8, 4) is 0 Å². The Kier molecular flexibility index (Phi) is 4.26. The van der Waals surface area contributed by atoms with E-state index < -0.39 is 0 Å².